The van der Waals surface area contributed by atoms with Gasteiger partial charge in [-0.1, -0.05) is 0 Å². The van der Waals surface area contributed by atoms with Crippen molar-refractivity contribution in [2.75, 3.05) is 0 Å². The van der Waals surface area contributed by atoms with Gasteiger partial charge in [-0.2, -0.15) is 10.2 Å². The minimum absolute atomic E-state index is 0.258. The van der Waals surface area contributed by atoms with Crippen LogP contribution in [0.2, 0.25) is 0 Å². The number of carbonyl (C=O) groups excluding carboxylic acids is 2. The van der Waals surface area contributed by atoms with Gasteiger partial charge in [0.15, 0.2) is 5.69 Å². The third-order valence-electron chi connectivity index (χ3n) is 2.34. The molecule has 8 nitrogen and oxygen atoms in total. The first-order chi connectivity index (χ1) is 8.99. The van der Waals surface area contributed by atoms with Gasteiger partial charge in [0.1, 0.15) is 5.69 Å². The van der Waals surface area contributed by atoms with Gasteiger partial charge in [-0.25, -0.2) is 0 Å². The Bertz CT molecular complexity index is 632. The standard InChI is InChI=1S/C10H11IN6O2/c1-16-5-6(11)8(15-16)10(19)14-13-9(18)7-3-4-12-17(7)2/h3-5H,1-2H3,(H,13,18)(H,14,19). The summed E-state index contributed by atoms with van der Waals surface area (Å²) < 4.78 is 3.64. The fourth-order valence-electron chi connectivity index (χ4n) is 1.45. The molecule has 0 saturated heterocycles. The Labute approximate surface area is 122 Å². The van der Waals surface area contributed by atoms with Crippen LogP contribution in [0.15, 0.2) is 18.5 Å². The molecular weight excluding hydrogens is 363 g/mol. The molecule has 19 heavy (non-hydrogen) atoms. The summed E-state index contributed by atoms with van der Waals surface area (Å²) in [5, 5.41) is 7.86. The average molecular weight is 374 g/mol. The van der Waals surface area contributed by atoms with Gasteiger partial charge in [0.25, 0.3) is 11.8 Å². The van der Waals surface area contributed by atoms with Crippen LogP contribution in [0.3, 0.4) is 0 Å². The predicted octanol–water partition coefficient (Wildman–Crippen LogP) is -0.167. The van der Waals surface area contributed by atoms with E-state index in [1.54, 1.807) is 26.4 Å². The number of hydrogen-bond donors (Lipinski definition) is 2. The molecule has 0 bridgehead atoms. The summed E-state index contributed by atoms with van der Waals surface area (Å²) in [4.78, 5) is 23.5. The Morgan fingerprint density at radius 3 is 2.47 bits per heavy atom. The maximum Gasteiger partial charge on any atom is 0.291 e. The lowest BCUT2D eigenvalue weighted by Crippen LogP contribution is -2.42. The van der Waals surface area contributed by atoms with E-state index in [1.807, 2.05) is 22.6 Å². The highest BCUT2D eigenvalue weighted by Crippen LogP contribution is 2.08. The number of hydrazine groups is 1. The topological polar surface area (TPSA) is 93.8 Å². The van der Waals surface area contributed by atoms with Gasteiger partial charge in [0, 0.05) is 26.5 Å². The van der Waals surface area contributed by atoms with E-state index >= 15 is 0 Å². The summed E-state index contributed by atoms with van der Waals surface area (Å²) in [6, 6.07) is 1.55. The van der Waals surface area contributed by atoms with Crippen LogP contribution in [0.25, 0.3) is 0 Å². The fourth-order valence-corrected chi connectivity index (χ4v) is 2.20. The zero-order valence-corrected chi connectivity index (χ0v) is 12.4. The summed E-state index contributed by atoms with van der Waals surface area (Å²) in [6.07, 6.45) is 3.21. The summed E-state index contributed by atoms with van der Waals surface area (Å²) in [5.41, 5.74) is 5.22. The number of hydrogen-bond acceptors (Lipinski definition) is 4. The molecular formula is C10H11IN6O2. The second-order valence-electron chi connectivity index (χ2n) is 3.75. The van der Waals surface area contributed by atoms with E-state index in [2.05, 4.69) is 21.0 Å². The van der Waals surface area contributed by atoms with E-state index in [0.29, 0.717) is 9.26 Å². The molecule has 0 radical (unpaired) electrons. The van der Waals surface area contributed by atoms with Gasteiger partial charge in [-0.15, -0.1) is 0 Å². The van der Waals surface area contributed by atoms with Gasteiger partial charge in [0.2, 0.25) is 0 Å². The third kappa shape index (κ3) is 2.92. The molecule has 2 amide bonds. The molecule has 2 heterocycles. The van der Waals surface area contributed by atoms with E-state index in [1.165, 1.54) is 15.6 Å². The van der Waals surface area contributed by atoms with E-state index < -0.39 is 11.8 Å². The van der Waals surface area contributed by atoms with Crippen LogP contribution < -0.4 is 10.9 Å². The minimum atomic E-state index is -0.472. The molecule has 2 N–H and O–H groups in total. The van der Waals surface area contributed by atoms with Crippen molar-refractivity contribution in [1.82, 2.24) is 30.4 Å². The maximum absolute atomic E-state index is 11.8. The molecule has 0 saturated carbocycles. The first kappa shape index (κ1) is 13.5. The fraction of sp³-hybridized carbons (Fsp3) is 0.200. The molecule has 0 spiro atoms. The third-order valence-corrected chi connectivity index (χ3v) is 3.13. The van der Waals surface area contributed by atoms with Gasteiger partial charge in [0.05, 0.1) is 3.57 Å². The number of amides is 2. The van der Waals surface area contributed by atoms with E-state index in [4.69, 9.17) is 0 Å². The Hall–Kier alpha value is -1.91. The Morgan fingerprint density at radius 2 is 1.95 bits per heavy atom. The van der Waals surface area contributed by atoms with Gasteiger partial charge in [-0.05, 0) is 28.7 Å². The van der Waals surface area contributed by atoms with Crippen molar-refractivity contribution >= 4 is 34.4 Å². The van der Waals surface area contributed by atoms with Gasteiger partial charge >= 0.3 is 0 Å². The number of aryl methyl sites for hydroxylation is 2. The van der Waals surface area contributed by atoms with Crippen molar-refractivity contribution in [3.63, 3.8) is 0 Å². The first-order valence-electron chi connectivity index (χ1n) is 5.27. The average Bonchev–Trinajstić information content (AvgIpc) is 2.91. The molecule has 0 aliphatic rings. The summed E-state index contributed by atoms with van der Waals surface area (Å²) in [5.74, 6) is -0.917. The normalized spacial score (nSPS) is 10.3. The second-order valence-corrected chi connectivity index (χ2v) is 4.91. The number of aromatic nitrogens is 4. The Balaban J connectivity index is 2.00. The summed E-state index contributed by atoms with van der Waals surface area (Å²) in [7, 11) is 3.35. The van der Waals surface area contributed by atoms with Crippen molar-refractivity contribution in [2.24, 2.45) is 14.1 Å². The highest BCUT2D eigenvalue weighted by molar-refractivity contribution is 14.1. The SMILES string of the molecule is Cn1cc(I)c(C(=O)NNC(=O)c2ccnn2C)n1. The molecule has 2 aromatic rings. The van der Waals surface area contributed by atoms with Crippen LogP contribution in [0.5, 0.6) is 0 Å². The lowest BCUT2D eigenvalue weighted by molar-refractivity contribution is 0.0838. The lowest BCUT2D eigenvalue weighted by Gasteiger charge is -2.06. The zero-order chi connectivity index (χ0) is 14.0. The number of carbonyl (C=O) groups is 2. The number of rotatable bonds is 2. The maximum atomic E-state index is 11.8. The van der Waals surface area contributed by atoms with E-state index in [9.17, 15) is 9.59 Å². The largest absolute Gasteiger partial charge is 0.291 e. The van der Waals surface area contributed by atoms with Crippen molar-refractivity contribution in [3.05, 3.63) is 33.4 Å². The highest BCUT2D eigenvalue weighted by Gasteiger charge is 2.16. The number of nitrogens with one attached hydrogen (secondary N) is 2. The smallest absolute Gasteiger partial charge is 0.274 e. The van der Waals surface area contributed by atoms with E-state index in [0.717, 1.165) is 0 Å². The second kappa shape index (κ2) is 5.38. The molecule has 0 atom stereocenters. The quantitative estimate of drug-likeness (QED) is 0.564. The molecule has 9 heteroatoms. The number of nitrogens with zero attached hydrogens (tertiary/aromatic N) is 4. The number of halogens is 1. The summed E-state index contributed by atoms with van der Waals surface area (Å²) >= 11 is 2.00. The van der Waals surface area contributed by atoms with Crippen LogP contribution in [0.1, 0.15) is 21.0 Å². The van der Waals surface area contributed by atoms with Gasteiger partial charge in [-0.3, -0.25) is 29.8 Å². The van der Waals surface area contributed by atoms with Crippen LogP contribution >= 0.6 is 22.6 Å². The molecule has 0 aliphatic carbocycles. The van der Waals surface area contributed by atoms with Crippen LogP contribution in [0.4, 0.5) is 0 Å². The van der Waals surface area contributed by atoms with Crippen molar-refractivity contribution < 1.29 is 9.59 Å². The van der Waals surface area contributed by atoms with Crippen LogP contribution in [0, 0.1) is 3.57 Å². The van der Waals surface area contributed by atoms with Crippen molar-refractivity contribution in [1.29, 1.82) is 0 Å². The monoisotopic (exact) mass is 374 g/mol. The van der Waals surface area contributed by atoms with Crippen LogP contribution in [-0.4, -0.2) is 31.4 Å². The van der Waals surface area contributed by atoms with Gasteiger partial charge < -0.3 is 0 Å². The van der Waals surface area contributed by atoms with Crippen molar-refractivity contribution in [3.8, 4) is 0 Å². The molecule has 2 aromatic heterocycles. The zero-order valence-electron chi connectivity index (χ0n) is 10.2. The molecule has 0 aromatic carbocycles. The highest BCUT2D eigenvalue weighted by atomic mass is 127. The molecule has 0 aliphatic heterocycles. The van der Waals surface area contributed by atoms with Crippen molar-refractivity contribution in [2.45, 2.75) is 0 Å². The van der Waals surface area contributed by atoms with Crippen LogP contribution in [-0.2, 0) is 14.1 Å². The molecule has 100 valence electrons. The molecule has 0 fully saturated rings. The minimum Gasteiger partial charge on any atom is -0.274 e. The predicted molar refractivity (Wildman–Crippen MR) is 74.1 cm³/mol. The molecule has 0 unspecified atom stereocenters. The Kier molecular flexibility index (Phi) is 3.83. The Morgan fingerprint density at radius 1 is 1.26 bits per heavy atom. The summed E-state index contributed by atoms with van der Waals surface area (Å²) in [6.45, 7) is 0. The van der Waals surface area contributed by atoms with E-state index in [-0.39, 0.29) is 5.69 Å². The lowest BCUT2D eigenvalue weighted by atomic mass is 10.4. The molecule has 2 rings (SSSR count). The first-order valence-corrected chi connectivity index (χ1v) is 6.34.